The fourth-order valence-corrected chi connectivity index (χ4v) is 5.25. The Bertz CT molecular complexity index is 788. The topological polar surface area (TPSA) is 82.2 Å². The highest BCUT2D eigenvalue weighted by Crippen LogP contribution is 2.19. The van der Waals surface area contributed by atoms with Crippen molar-refractivity contribution < 1.29 is 17.9 Å². The molecule has 2 heterocycles. The van der Waals surface area contributed by atoms with Gasteiger partial charge in [-0.2, -0.15) is 4.31 Å². The third-order valence-electron chi connectivity index (χ3n) is 5.60. The van der Waals surface area contributed by atoms with E-state index in [0.717, 1.165) is 51.1 Å². The van der Waals surface area contributed by atoms with Crippen LogP contribution in [0.1, 0.15) is 25.3 Å². The van der Waals surface area contributed by atoms with Crippen LogP contribution in [0.2, 0.25) is 0 Å². The summed E-state index contributed by atoms with van der Waals surface area (Å²) >= 11 is 0. The fourth-order valence-electron chi connectivity index (χ4n) is 3.77. The van der Waals surface area contributed by atoms with E-state index in [2.05, 4.69) is 22.0 Å². The Morgan fingerprint density at radius 1 is 1.07 bits per heavy atom. The summed E-state index contributed by atoms with van der Waals surface area (Å²) in [6.07, 6.45) is 2.09. The molecule has 0 radical (unpaired) electrons. The number of rotatable bonds is 9. The first-order valence-corrected chi connectivity index (χ1v) is 12.3. The van der Waals surface area contributed by atoms with Gasteiger partial charge in [0.1, 0.15) is 0 Å². The molecular weight excluding hydrogens is 404 g/mol. The monoisotopic (exact) mass is 438 g/mol. The van der Waals surface area contributed by atoms with Gasteiger partial charge in [-0.05, 0) is 24.1 Å². The zero-order chi connectivity index (χ0) is 21.4. The normalized spacial score (nSPS) is 19.6. The molecule has 0 saturated carbocycles. The predicted molar refractivity (Wildman–Crippen MR) is 116 cm³/mol. The fraction of sp³-hybridized carbons (Fsp3) is 0.667. The molecule has 0 atom stereocenters. The Hall–Kier alpha value is -1.52. The Kier molecular flexibility index (Phi) is 8.64. The number of hydrogen-bond donors (Lipinski definition) is 1. The largest absolute Gasteiger partial charge is 0.379 e. The van der Waals surface area contributed by atoms with E-state index >= 15 is 0 Å². The van der Waals surface area contributed by atoms with Crippen molar-refractivity contribution in [3.05, 3.63) is 29.8 Å². The van der Waals surface area contributed by atoms with E-state index < -0.39 is 10.0 Å². The third-order valence-corrected chi connectivity index (χ3v) is 7.49. The van der Waals surface area contributed by atoms with E-state index in [-0.39, 0.29) is 5.91 Å². The van der Waals surface area contributed by atoms with Gasteiger partial charge in [0, 0.05) is 52.4 Å². The second-order valence-electron chi connectivity index (χ2n) is 7.92. The first kappa shape index (κ1) is 23.1. The molecule has 2 aliphatic heterocycles. The maximum atomic E-state index is 12.9. The quantitative estimate of drug-likeness (QED) is 0.573. The van der Waals surface area contributed by atoms with Crippen molar-refractivity contribution in [1.82, 2.24) is 19.4 Å². The Morgan fingerprint density at radius 3 is 2.47 bits per heavy atom. The van der Waals surface area contributed by atoms with Crippen molar-refractivity contribution in [1.29, 1.82) is 0 Å². The van der Waals surface area contributed by atoms with Crippen molar-refractivity contribution in [2.75, 3.05) is 65.6 Å². The summed E-state index contributed by atoms with van der Waals surface area (Å²) in [5.74, 6) is 0.0953. The number of ether oxygens (including phenoxy) is 1. The van der Waals surface area contributed by atoms with Gasteiger partial charge in [-0.3, -0.25) is 14.6 Å². The number of nitrogens with zero attached hydrogens (tertiary/aromatic N) is 3. The first-order valence-electron chi connectivity index (χ1n) is 10.9. The predicted octanol–water partition coefficient (Wildman–Crippen LogP) is 0.741. The summed E-state index contributed by atoms with van der Waals surface area (Å²) in [6, 6.07) is 7.26. The molecular formula is C21H34N4O4S. The van der Waals surface area contributed by atoms with Gasteiger partial charge < -0.3 is 10.1 Å². The maximum absolute atomic E-state index is 12.9. The van der Waals surface area contributed by atoms with Crippen LogP contribution < -0.4 is 5.32 Å². The standard InChI is InChI=1S/C21H34N4O4S/c1-2-3-7-22-21(26)18-24-10-8-23(9-11-24)17-19-5-4-6-20(16-19)30(27,28)25-12-14-29-15-13-25/h4-6,16H,2-3,7-15,17-18H2,1H3,(H,22,26). The number of nitrogens with one attached hydrogen (secondary N) is 1. The van der Waals surface area contributed by atoms with Crippen LogP contribution in [0.5, 0.6) is 0 Å². The summed E-state index contributed by atoms with van der Waals surface area (Å²) in [5, 5.41) is 2.97. The molecule has 0 bridgehead atoms. The lowest BCUT2D eigenvalue weighted by Crippen LogP contribution is -2.49. The van der Waals surface area contributed by atoms with Gasteiger partial charge in [-0.1, -0.05) is 25.5 Å². The van der Waals surface area contributed by atoms with Gasteiger partial charge in [-0.15, -0.1) is 0 Å². The molecule has 2 aliphatic rings. The lowest BCUT2D eigenvalue weighted by atomic mass is 10.2. The average molecular weight is 439 g/mol. The number of benzene rings is 1. The van der Waals surface area contributed by atoms with Crippen LogP contribution in [0.3, 0.4) is 0 Å². The van der Waals surface area contributed by atoms with Crippen molar-refractivity contribution in [3.8, 4) is 0 Å². The van der Waals surface area contributed by atoms with E-state index in [4.69, 9.17) is 4.74 Å². The molecule has 2 fully saturated rings. The average Bonchev–Trinajstić information content (AvgIpc) is 2.76. The molecule has 0 spiro atoms. The summed E-state index contributed by atoms with van der Waals surface area (Å²) in [4.78, 5) is 16.8. The number of sulfonamides is 1. The van der Waals surface area contributed by atoms with E-state index in [1.165, 1.54) is 4.31 Å². The number of unbranched alkanes of at least 4 members (excludes halogenated alkanes) is 1. The molecule has 3 rings (SSSR count). The zero-order valence-electron chi connectivity index (χ0n) is 17.9. The Morgan fingerprint density at radius 2 is 1.77 bits per heavy atom. The summed E-state index contributed by atoms with van der Waals surface area (Å²) < 4.78 is 32.5. The molecule has 168 valence electrons. The minimum absolute atomic E-state index is 0.0953. The van der Waals surface area contributed by atoms with Crippen LogP contribution in [0, 0.1) is 0 Å². The lowest BCUT2D eigenvalue weighted by molar-refractivity contribution is -0.122. The number of carbonyl (C=O) groups excluding carboxylic acids is 1. The highest BCUT2D eigenvalue weighted by atomic mass is 32.2. The van der Waals surface area contributed by atoms with E-state index in [0.29, 0.717) is 44.3 Å². The van der Waals surface area contributed by atoms with Crippen molar-refractivity contribution in [2.24, 2.45) is 0 Å². The van der Waals surface area contributed by atoms with E-state index in [1.54, 1.807) is 12.1 Å². The molecule has 8 nitrogen and oxygen atoms in total. The van der Waals surface area contributed by atoms with Gasteiger partial charge in [0.05, 0.1) is 24.7 Å². The van der Waals surface area contributed by atoms with Crippen LogP contribution in [0.4, 0.5) is 0 Å². The van der Waals surface area contributed by atoms with Gasteiger partial charge in [0.25, 0.3) is 0 Å². The first-order chi connectivity index (χ1) is 14.5. The van der Waals surface area contributed by atoms with Crippen LogP contribution in [0.15, 0.2) is 29.2 Å². The van der Waals surface area contributed by atoms with Crippen LogP contribution in [0.25, 0.3) is 0 Å². The van der Waals surface area contributed by atoms with Crippen molar-refractivity contribution in [2.45, 2.75) is 31.2 Å². The van der Waals surface area contributed by atoms with Crippen LogP contribution >= 0.6 is 0 Å². The molecule has 30 heavy (non-hydrogen) atoms. The van der Waals surface area contributed by atoms with Crippen LogP contribution in [-0.2, 0) is 26.1 Å². The van der Waals surface area contributed by atoms with Gasteiger partial charge in [-0.25, -0.2) is 8.42 Å². The Labute approximate surface area is 180 Å². The molecule has 1 N–H and O–H groups in total. The molecule has 0 unspecified atom stereocenters. The second-order valence-corrected chi connectivity index (χ2v) is 9.86. The van der Waals surface area contributed by atoms with Crippen molar-refractivity contribution in [3.63, 3.8) is 0 Å². The summed E-state index contributed by atoms with van der Waals surface area (Å²) in [7, 11) is -3.48. The smallest absolute Gasteiger partial charge is 0.243 e. The van der Waals surface area contributed by atoms with Gasteiger partial charge in [0.15, 0.2) is 0 Å². The molecule has 2 saturated heterocycles. The summed E-state index contributed by atoms with van der Waals surface area (Å²) in [5.41, 5.74) is 0.995. The lowest BCUT2D eigenvalue weighted by Gasteiger charge is -2.34. The highest BCUT2D eigenvalue weighted by molar-refractivity contribution is 7.89. The zero-order valence-corrected chi connectivity index (χ0v) is 18.7. The minimum atomic E-state index is -3.48. The second kappa shape index (κ2) is 11.2. The number of amides is 1. The number of hydrogen-bond acceptors (Lipinski definition) is 6. The SMILES string of the molecule is CCCCNC(=O)CN1CCN(Cc2cccc(S(=O)(=O)N3CCOCC3)c2)CC1. The molecule has 1 aromatic rings. The summed E-state index contributed by atoms with van der Waals surface area (Å²) in [6.45, 7) is 9.12. The highest BCUT2D eigenvalue weighted by Gasteiger charge is 2.26. The van der Waals surface area contributed by atoms with Crippen molar-refractivity contribution >= 4 is 15.9 Å². The molecule has 9 heteroatoms. The third kappa shape index (κ3) is 6.49. The maximum Gasteiger partial charge on any atom is 0.243 e. The molecule has 0 aromatic heterocycles. The minimum Gasteiger partial charge on any atom is -0.379 e. The Balaban J connectivity index is 1.49. The number of piperazine rings is 1. The number of carbonyl (C=O) groups is 1. The van der Waals surface area contributed by atoms with Crippen LogP contribution in [-0.4, -0.2) is 94.0 Å². The van der Waals surface area contributed by atoms with E-state index in [9.17, 15) is 13.2 Å². The van der Waals surface area contributed by atoms with E-state index in [1.807, 2.05) is 12.1 Å². The molecule has 1 aromatic carbocycles. The van der Waals surface area contributed by atoms with Gasteiger partial charge in [0.2, 0.25) is 15.9 Å². The molecule has 1 amide bonds. The number of morpholine rings is 1. The molecule has 0 aliphatic carbocycles. The van der Waals surface area contributed by atoms with Gasteiger partial charge >= 0.3 is 0 Å².